The van der Waals surface area contributed by atoms with Crippen LogP contribution in [0, 0.1) is 0 Å². The lowest BCUT2D eigenvalue weighted by Crippen LogP contribution is -2.00. The first-order valence-electron chi connectivity index (χ1n) is 6.15. The average Bonchev–Trinajstić information content (AvgIpc) is 2.94. The SMILES string of the molecule is Cn1nc(C(=O)O)cc1-c1cc(Br)cc2c1CCC2. The fourth-order valence-corrected chi connectivity index (χ4v) is 3.22. The number of aromatic carboxylic acids is 1. The highest BCUT2D eigenvalue weighted by molar-refractivity contribution is 9.10. The van der Waals surface area contributed by atoms with E-state index in [0.29, 0.717) is 0 Å². The molecule has 98 valence electrons. The second-order valence-electron chi connectivity index (χ2n) is 4.79. The summed E-state index contributed by atoms with van der Waals surface area (Å²) < 4.78 is 2.67. The van der Waals surface area contributed by atoms with Gasteiger partial charge in [-0.25, -0.2) is 4.79 Å². The second kappa shape index (κ2) is 4.49. The summed E-state index contributed by atoms with van der Waals surface area (Å²) >= 11 is 3.53. The van der Waals surface area contributed by atoms with Crippen LogP contribution in [0.15, 0.2) is 22.7 Å². The number of aromatic nitrogens is 2. The predicted molar refractivity (Wildman–Crippen MR) is 75.3 cm³/mol. The lowest BCUT2D eigenvalue weighted by Gasteiger charge is -2.09. The van der Waals surface area contributed by atoms with Crippen LogP contribution in [-0.4, -0.2) is 20.9 Å². The molecule has 0 unspecified atom stereocenters. The average molecular weight is 321 g/mol. The molecule has 1 aromatic heterocycles. The van der Waals surface area contributed by atoms with E-state index in [9.17, 15) is 4.79 Å². The number of benzene rings is 1. The van der Waals surface area contributed by atoms with E-state index in [0.717, 1.165) is 35.0 Å². The van der Waals surface area contributed by atoms with Gasteiger partial charge in [-0.2, -0.15) is 5.10 Å². The van der Waals surface area contributed by atoms with Crippen LogP contribution in [-0.2, 0) is 19.9 Å². The topological polar surface area (TPSA) is 55.1 Å². The molecule has 0 radical (unpaired) electrons. The molecule has 19 heavy (non-hydrogen) atoms. The fourth-order valence-electron chi connectivity index (χ4n) is 2.72. The maximum absolute atomic E-state index is 11.0. The number of halogens is 1. The lowest BCUT2D eigenvalue weighted by molar-refractivity contribution is 0.0689. The van der Waals surface area contributed by atoms with Crippen LogP contribution in [0.25, 0.3) is 11.3 Å². The van der Waals surface area contributed by atoms with Crippen LogP contribution >= 0.6 is 15.9 Å². The number of aryl methyl sites for hydroxylation is 2. The van der Waals surface area contributed by atoms with Gasteiger partial charge in [-0.3, -0.25) is 4.68 Å². The van der Waals surface area contributed by atoms with Gasteiger partial charge in [-0.15, -0.1) is 0 Å². The molecule has 3 rings (SSSR count). The first-order valence-corrected chi connectivity index (χ1v) is 6.94. The zero-order valence-electron chi connectivity index (χ0n) is 10.5. The second-order valence-corrected chi connectivity index (χ2v) is 5.70. The van der Waals surface area contributed by atoms with Crippen LogP contribution in [0.2, 0.25) is 0 Å². The summed E-state index contributed by atoms with van der Waals surface area (Å²) in [4.78, 5) is 11.0. The van der Waals surface area contributed by atoms with Gasteiger partial charge < -0.3 is 5.11 Å². The quantitative estimate of drug-likeness (QED) is 0.925. The molecular formula is C14H13BrN2O2. The Bertz CT molecular complexity index is 676. The van der Waals surface area contributed by atoms with Crippen molar-refractivity contribution < 1.29 is 9.90 Å². The maximum atomic E-state index is 11.0. The third-order valence-corrected chi connectivity index (χ3v) is 4.01. The fraction of sp³-hybridized carbons (Fsp3) is 0.286. The molecule has 0 aliphatic heterocycles. The van der Waals surface area contributed by atoms with E-state index in [1.54, 1.807) is 17.8 Å². The first kappa shape index (κ1) is 12.4. The first-order chi connectivity index (χ1) is 9.06. The summed E-state index contributed by atoms with van der Waals surface area (Å²) in [5, 5.41) is 13.1. The highest BCUT2D eigenvalue weighted by Crippen LogP contribution is 2.35. The minimum Gasteiger partial charge on any atom is -0.476 e. The molecule has 5 heteroatoms. The Hall–Kier alpha value is -1.62. The van der Waals surface area contributed by atoms with E-state index < -0.39 is 5.97 Å². The van der Waals surface area contributed by atoms with Crippen LogP contribution in [0.5, 0.6) is 0 Å². The molecule has 1 aromatic carbocycles. The van der Waals surface area contributed by atoms with Crippen molar-refractivity contribution >= 4 is 21.9 Å². The standard InChI is InChI=1S/C14H13BrN2O2/c1-17-13(7-12(16-17)14(18)19)11-6-9(15)5-8-3-2-4-10(8)11/h5-7H,2-4H2,1H3,(H,18,19). The van der Waals surface area contributed by atoms with Gasteiger partial charge in [0, 0.05) is 17.1 Å². The number of fused-ring (bicyclic) bond motifs is 1. The van der Waals surface area contributed by atoms with E-state index in [4.69, 9.17) is 5.11 Å². The maximum Gasteiger partial charge on any atom is 0.356 e. The van der Waals surface area contributed by atoms with Crippen molar-refractivity contribution in [3.8, 4) is 11.3 Å². The van der Waals surface area contributed by atoms with Crippen molar-refractivity contribution in [2.75, 3.05) is 0 Å². The van der Waals surface area contributed by atoms with Crippen molar-refractivity contribution in [1.82, 2.24) is 9.78 Å². The number of hydrogen-bond acceptors (Lipinski definition) is 2. The summed E-state index contributed by atoms with van der Waals surface area (Å²) in [5.41, 5.74) is 4.70. The molecule has 2 aromatic rings. The predicted octanol–water partition coefficient (Wildman–Crippen LogP) is 3.04. The summed E-state index contributed by atoms with van der Waals surface area (Å²) in [6.45, 7) is 0. The van der Waals surface area contributed by atoms with Crippen LogP contribution in [0.4, 0.5) is 0 Å². The zero-order chi connectivity index (χ0) is 13.6. The summed E-state index contributed by atoms with van der Waals surface area (Å²) in [7, 11) is 1.78. The Morgan fingerprint density at radius 1 is 1.37 bits per heavy atom. The summed E-state index contributed by atoms with van der Waals surface area (Å²) in [6, 6.07) is 5.84. The third-order valence-electron chi connectivity index (χ3n) is 3.55. The molecule has 0 amide bonds. The number of nitrogens with zero attached hydrogens (tertiary/aromatic N) is 2. The number of hydrogen-bond donors (Lipinski definition) is 1. The molecular weight excluding hydrogens is 308 g/mol. The van der Waals surface area contributed by atoms with Gasteiger partial charge in [0.05, 0.1) is 5.69 Å². The Morgan fingerprint density at radius 2 is 2.16 bits per heavy atom. The van der Waals surface area contributed by atoms with Gasteiger partial charge in [0.1, 0.15) is 0 Å². The van der Waals surface area contributed by atoms with Crippen LogP contribution < -0.4 is 0 Å². The van der Waals surface area contributed by atoms with Gasteiger partial charge >= 0.3 is 5.97 Å². The van der Waals surface area contributed by atoms with Crippen molar-refractivity contribution in [3.63, 3.8) is 0 Å². The molecule has 0 bridgehead atoms. The van der Waals surface area contributed by atoms with Gasteiger partial charge in [-0.1, -0.05) is 15.9 Å². The minimum atomic E-state index is -0.992. The van der Waals surface area contributed by atoms with Crippen molar-refractivity contribution in [1.29, 1.82) is 0 Å². The van der Waals surface area contributed by atoms with E-state index in [1.807, 2.05) is 6.07 Å². The molecule has 4 nitrogen and oxygen atoms in total. The molecule has 0 saturated carbocycles. The van der Waals surface area contributed by atoms with Crippen molar-refractivity contribution in [3.05, 3.63) is 39.5 Å². The van der Waals surface area contributed by atoms with E-state index in [2.05, 4.69) is 27.1 Å². The van der Waals surface area contributed by atoms with Crippen molar-refractivity contribution in [2.24, 2.45) is 7.05 Å². The normalized spacial score (nSPS) is 13.6. The Kier molecular flexibility index (Phi) is 2.93. The van der Waals surface area contributed by atoms with Gasteiger partial charge in [0.15, 0.2) is 5.69 Å². The van der Waals surface area contributed by atoms with E-state index >= 15 is 0 Å². The molecule has 1 aliphatic carbocycles. The Balaban J connectivity index is 2.20. The number of carbonyl (C=O) groups is 1. The van der Waals surface area contributed by atoms with E-state index in [-0.39, 0.29) is 5.69 Å². The van der Waals surface area contributed by atoms with Crippen LogP contribution in [0.1, 0.15) is 28.0 Å². The van der Waals surface area contributed by atoms with Gasteiger partial charge in [-0.05, 0) is 48.6 Å². The Morgan fingerprint density at radius 3 is 2.84 bits per heavy atom. The van der Waals surface area contributed by atoms with Gasteiger partial charge in [0.25, 0.3) is 0 Å². The molecule has 1 N–H and O–H groups in total. The minimum absolute atomic E-state index is 0.0872. The number of rotatable bonds is 2. The highest BCUT2D eigenvalue weighted by Gasteiger charge is 2.20. The molecule has 1 heterocycles. The van der Waals surface area contributed by atoms with Crippen molar-refractivity contribution in [2.45, 2.75) is 19.3 Å². The Labute approximate surface area is 119 Å². The molecule has 0 fully saturated rings. The van der Waals surface area contributed by atoms with Crippen LogP contribution in [0.3, 0.4) is 0 Å². The smallest absolute Gasteiger partial charge is 0.356 e. The molecule has 1 aliphatic rings. The lowest BCUT2D eigenvalue weighted by atomic mass is 10.0. The number of carboxylic acid groups (broad SMARTS) is 1. The number of carboxylic acids is 1. The summed E-state index contributed by atoms with van der Waals surface area (Å²) in [5.74, 6) is -0.992. The molecule has 0 saturated heterocycles. The molecule has 0 spiro atoms. The monoisotopic (exact) mass is 320 g/mol. The molecule has 0 atom stereocenters. The summed E-state index contributed by atoms with van der Waals surface area (Å²) in [6.07, 6.45) is 3.29. The van der Waals surface area contributed by atoms with Gasteiger partial charge in [0.2, 0.25) is 0 Å². The van der Waals surface area contributed by atoms with E-state index in [1.165, 1.54) is 11.1 Å². The third kappa shape index (κ3) is 2.08. The highest BCUT2D eigenvalue weighted by atomic mass is 79.9. The largest absolute Gasteiger partial charge is 0.476 e. The zero-order valence-corrected chi connectivity index (χ0v) is 12.1.